The van der Waals surface area contributed by atoms with Crippen molar-refractivity contribution in [1.29, 1.82) is 0 Å². The van der Waals surface area contributed by atoms with E-state index in [9.17, 15) is 14.0 Å². The maximum Gasteiger partial charge on any atom is 0.339 e. The van der Waals surface area contributed by atoms with Gasteiger partial charge in [-0.05, 0) is 50.1 Å². The van der Waals surface area contributed by atoms with Crippen molar-refractivity contribution in [3.63, 3.8) is 0 Å². The number of hydrogen-bond donors (Lipinski definition) is 1. The van der Waals surface area contributed by atoms with Gasteiger partial charge in [0.05, 0.1) is 17.2 Å². The second-order valence-electron chi connectivity index (χ2n) is 7.05. The number of halogens is 2. The Bertz CT molecular complexity index is 1080. The number of benzene rings is 2. The van der Waals surface area contributed by atoms with Gasteiger partial charge in [0, 0.05) is 30.0 Å². The van der Waals surface area contributed by atoms with Crippen LogP contribution in [-0.4, -0.2) is 23.1 Å². The van der Waals surface area contributed by atoms with Gasteiger partial charge < -0.3 is 14.6 Å². The van der Waals surface area contributed by atoms with Gasteiger partial charge in [-0.15, -0.1) is 0 Å². The first-order chi connectivity index (χ1) is 14.9. The van der Waals surface area contributed by atoms with Crippen molar-refractivity contribution in [2.24, 2.45) is 0 Å². The highest BCUT2D eigenvalue weighted by molar-refractivity contribution is 6.31. The van der Waals surface area contributed by atoms with Crippen molar-refractivity contribution in [1.82, 2.24) is 4.57 Å². The minimum atomic E-state index is -0.534. The van der Waals surface area contributed by atoms with E-state index in [-0.39, 0.29) is 23.3 Å². The molecule has 0 saturated heterocycles. The number of hydrogen-bond acceptors (Lipinski definition) is 3. The smallest absolute Gasteiger partial charge is 0.339 e. The third kappa shape index (κ3) is 5.52. The Hall–Kier alpha value is -3.12. The van der Waals surface area contributed by atoms with Gasteiger partial charge in [-0.3, -0.25) is 4.79 Å². The minimum absolute atomic E-state index is 0.0419. The predicted octanol–water partition coefficient (Wildman–Crippen LogP) is 5.85. The van der Waals surface area contributed by atoms with Crippen LogP contribution in [0.3, 0.4) is 0 Å². The Labute approximate surface area is 185 Å². The zero-order chi connectivity index (χ0) is 22.4. The third-order valence-corrected chi connectivity index (χ3v) is 5.21. The lowest BCUT2D eigenvalue weighted by Crippen LogP contribution is -2.13. The van der Waals surface area contributed by atoms with Crippen LogP contribution in [0.25, 0.3) is 11.3 Å². The first-order valence-corrected chi connectivity index (χ1v) is 10.5. The van der Waals surface area contributed by atoms with Crippen molar-refractivity contribution in [3.8, 4) is 11.3 Å². The van der Waals surface area contributed by atoms with Gasteiger partial charge in [0.25, 0.3) is 0 Å². The Morgan fingerprint density at radius 2 is 1.87 bits per heavy atom. The number of carbonyl (C=O) groups excluding carboxylic acids is 2. The highest BCUT2D eigenvalue weighted by atomic mass is 35.5. The zero-order valence-electron chi connectivity index (χ0n) is 17.5. The van der Waals surface area contributed by atoms with Crippen LogP contribution in [0.5, 0.6) is 0 Å². The average Bonchev–Trinajstić information content (AvgIpc) is 3.08. The number of rotatable bonds is 8. The average molecular weight is 443 g/mol. The molecule has 0 saturated carbocycles. The summed E-state index contributed by atoms with van der Waals surface area (Å²) in [5, 5.41) is 2.68. The van der Waals surface area contributed by atoms with E-state index in [1.54, 1.807) is 6.92 Å². The lowest BCUT2D eigenvalue weighted by atomic mass is 10.1. The van der Waals surface area contributed by atoms with Crippen LogP contribution in [0.1, 0.15) is 35.8 Å². The molecule has 0 fully saturated rings. The molecular weight excluding hydrogens is 419 g/mol. The van der Waals surface area contributed by atoms with Crippen LogP contribution in [-0.2, 0) is 16.1 Å². The van der Waals surface area contributed by atoms with Gasteiger partial charge in [0.1, 0.15) is 5.82 Å². The first kappa shape index (κ1) is 22.6. The van der Waals surface area contributed by atoms with E-state index >= 15 is 0 Å². The van der Waals surface area contributed by atoms with Gasteiger partial charge in [-0.25, -0.2) is 9.18 Å². The minimum Gasteiger partial charge on any atom is -0.462 e. The lowest BCUT2D eigenvalue weighted by Gasteiger charge is -2.12. The van der Waals surface area contributed by atoms with E-state index in [1.165, 1.54) is 18.2 Å². The summed E-state index contributed by atoms with van der Waals surface area (Å²) < 4.78 is 20.5. The SMILES string of the molecule is CCOC(=O)c1cc(-c2ccccc2)n(CCCC(=O)Nc2ccc(F)c(Cl)c2)c1C. The number of aromatic nitrogens is 1. The fourth-order valence-corrected chi connectivity index (χ4v) is 3.57. The van der Waals surface area contributed by atoms with Crippen molar-refractivity contribution >= 4 is 29.2 Å². The van der Waals surface area contributed by atoms with Gasteiger partial charge >= 0.3 is 5.97 Å². The monoisotopic (exact) mass is 442 g/mol. The largest absolute Gasteiger partial charge is 0.462 e. The first-order valence-electron chi connectivity index (χ1n) is 10.1. The molecule has 0 aliphatic carbocycles. The maximum atomic E-state index is 13.3. The van der Waals surface area contributed by atoms with E-state index in [4.69, 9.17) is 16.3 Å². The molecular formula is C24H24ClFN2O3. The summed E-state index contributed by atoms with van der Waals surface area (Å²) in [5.74, 6) is -1.09. The molecule has 0 atom stereocenters. The molecule has 0 unspecified atom stereocenters. The Morgan fingerprint density at radius 1 is 1.13 bits per heavy atom. The van der Waals surface area contributed by atoms with Gasteiger partial charge in [-0.1, -0.05) is 41.9 Å². The van der Waals surface area contributed by atoms with Crippen LogP contribution in [0.15, 0.2) is 54.6 Å². The summed E-state index contributed by atoms with van der Waals surface area (Å²) >= 11 is 5.76. The summed E-state index contributed by atoms with van der Waals surface area (Å²) in [6.45, 7) is 4.50. The number of amides is 1. The second-order valence-corrected chi connectivity index (χ2v) is 7.45. The molecule has 0 aliphatic heterocycles. The highest BCUT2D eigenvalue weighted by Crippen LogP contribution is 2.27. The maximum absolute atomic E-state index is 13.3. The van der Waals surface area contributed by atoms with Crippen molar-refractivity contribution in [2.75, 3.05) is 11.9 Å². The number of ether oxygens (including phenoxy) is 1. The molecule has 5 nitrogen and oxygen atoms in total. The fourth-order valence-electron chi connectivity index (χ4n) is 3.39. The van der Waals surface area contributed by atoms with Crippen molar-refractivity contribution in [2.45, 2.75) is 33.2 Å². The topological polar surface area (TPSA) is 60.3 Å². The van der Waals surface area contributed by atoms with Crippen molar-refractivity contribution < 1.29 is 18.7 Å². The number of anilines is 1. The molecule has 1 aromatic heterocycles. The number of nitrogens with one attached hydrogen (secondary N) is 1. The van der Waals surface area contributed by atoms with E-state index in [2.05, 4.69) is 5.32 Å². The summed E-state index contributed by atoms with van der Waals surface area (Å²) in [6.07, 6.45) is 0.813. The summed E-state index contributed by atoms with van der Waals surface area (Å²) in [7, 11) is 0. The van der Waals surface area contributed by atoms with Crippen molar-refractivity contribution in [3.05, 3.63) is 76.7 Å². The highest BCUT2D eigenvalue weighted by Gasteiger charge is 2.19. The normalized spacial score (nSPS) is 10.7. The van der Waals surface area contributed by atoms with Crippen LogP contribution in [0.4, 0.5) is 10.1 Å². The van der Waals surface area contributed by atoms with E-state index in [1.807, 2.05) is 47.9 Å². The van der Waals surface area contributed by atoms with Crippen LogP contribution < -0.4 is 5.32 Å². The third-order valence-electron chi connectivity index (χ3n) is 4.92. The van der Waals surface area contributed by atoms with E-state index < -0.39 is 5.82 Å². The molecule has 162 valence electrons. The van der Waals surface area contributed by atoms with Gasteiger partial charge in [0.15, 0.2) is 0 Å². The van der Waals surface area contributed by atoms with Gasteiger partial charge in [0.2, 0.25) is 5.91 Å². The molecule has 0 spiro atoms. The fraction of sp³-hybridized carbons (Fsp3) is 0.250. The Kier molecular flexibility index (Phi) is 7.47. The molecule has 0 radical (unpaired) electrons. The standard InChI is InChI=1S/C24H24ClFN2O3/c1-3-31-24(30)19-15-22(17-8-5-4-6-9-17)28(16(19)2)13-7-10-23(29)27-18-11-12-21(26)20(25)14-18/h4-6,8-9,11-12,14-15H,3,7,10,13H2,1-2H3,(H,27,29). The molecule has 0 bridgehead atoms. The molecule has 1 N–H and O–H groups in total. The predicted molar refractivity (Wildman–Crippen MR) is 120 cm³/mol. The van der Waals surface area contributed by atoms with E-state index in [0.29, 0.717) is 30.8 Å². The lowest BCUT2D eigenvalue weighted by molar-refractivity contribution is -0.116. The molecule has 0 aliphatic rings. The second kappa shape index (κ2) is 10.3. The number of carbonyl (C=O) groups is 2. The molecule has 3 rings (SSSR count). The number of esters is 1. The van der Waals surface area contributed by atoms with Crippen LogP contribution in [0, 0.1) is 12.7 Å². The zero-order valence-corrected chi connectivity index (χ0v) is 18.2. The molecule has 2 aromatic carbocycles. The summed E-state index contributed by atoms with van der Waals surface area (Å²) in [5.41, 5.74) is 3.63. The Balaban J connectivity index is 1.73. The number of nitrogens with zero attached hydrogens (tertiary/aromatic N) is 1. The molecule has 3 aromatic rings. The van der Waals surface area contributed by atoms with E-state index in [0.717, 1.165) is 17.0 Å². The summed E-state index contributed by atoms with van der Waals surface area (Å²) in [6, 6.07) is 15.7. The summed E-state index contributed by atoms with van der Waals surface area (Å²) in [4.78, 5) is 24.7. The van der Waals surface area contributed by atoms with Gasteiger partial charge in [-0.2, -0.15) is 0 Å². The molecule has 31 heavy (non-hydrogen) atoms. The molecule has 1 heterocycles. The van der Waals surface area contributed by atoms with Crippen LogP contribution >= 0.6 is 11.6 Å². The molecule has 7 heteroatoms. The Morgan fingerprint density at radius 3 is 2.55 bits per heavy atom. The van der Waals surface area contributed by atoms with Crippen LogP contribution in [0.2, 0.25) is 5.02 Å². The molecule has 1 amide bonds. The quantitative estimate of drug-likeness (QED) is 0.445.